The standard InChI is InChI=1S/C14H29NO3/c1-5-8-9-12(13(17)18-4)15-10-14(6-2,7-3)11-16/h12,15-16H,5-11H2,1-4H3. The lowest BCUT2D eigenvalue weighted by Crippen LogP contribution is -2.45. The fourth-order valence-electron chi connectivity index (χ4n) is 1.97. The molecule has 0 aromatic carbocycles. The molecule has 0 bridgehead atoms. The molecule has 0 amide bonds. The Morgan fingerprint density at radius 3 is 2.33 bits per heavy atom. The molecule has 2 N–H and O–H groups in total. The van der Waals surface area contributed by atoms with Gasteiger partial charge in [0, 0.05) is 18.6 Å². The molecular formula is C14H29NO3. The molecule has 0 radical (unpaired) electrons. The minimum atomic E-state index is -0.251. The first-order chi connectivity index (χ1) is 8.59. The van der Waals surface area contributed by atoms with Crippen molar-refractivity contribution in [3.8, 4) is 0 Å². The van der Waals surface area contributed by atoms with Gasteiger partial charge in [0.1, 0.15) is 6.04 Å². The molecule has 0 aliphatic heterocycles. The van der Waals surface area contributed by atoms with Crippen molar-refractivity contribution in [1.82, 2.24) is 5.32 Å². The first-order valence-electron chi connectivity index (χ1n) is 7.01. The fraction of sp³-hybridized carbons (Fsp3) is 0.929. The van der Waals surface area contributed by atoms with Gasteiger partial charge in [-0.25, -0.2) is 0 Å². The Balaban J connectivity index is 4.43. The highest BCUT2D eigenvalue weighted by atomic mass is 16.5. The van der Waals surface area contributed by atoms with Gasteiger partial charge in [-0.3, -0.25) is 4.79 Å². The molecule has 0 saturated heterocycles. The smallest absolute Gasteiger partial charge is 0.322 e. The van der Waals surface area contributed by atoms with Crippen LogP contribution in [0.2, 0.25) is 0 Å². The van der Waals surface area contributed by atoms with Crippen molar-refractivity contribution in [3.05, 3.63) is 0 Å². The minimum Gasteiger partial charge on any atom is -0.468 e. The molecule has 1 atom stereocenters. The Morgan fingerprint density at radius 1 is 1.33 bits per heavy atom. The fourth-order valence-corrected chi connectivity index (χ4v) is 1.97. The van der Waals surface area contributed by atoms with Crippen molar-refractivity contribution >= 4 is 5.97 Å². The van der Waals surface area contributed by atoms with Crippen LogP contribution in [0.15, 0.2) is 0 Å². The van der Waals surface area contributed by atoms with E-state index in [4.69, 9.17) is 4.74 Å². The highest BCUT2D eigenvalue weighted by molar-refractivity contribution is 5.75. The Bertz CT molecular complexity index is 219. The summed E-state index contributed by atoms with van der Waals surface area (Å²) in [6.07, 6.45) is 4.64. The zero-order valence-electron chi connectivity index (χ0n) is 12.3. The van der Waals surface area contributed by atoms with Gasteiger partial charge < -0.3 is 15.2 Å². The van der Waals surface area contributed by atoms with E-state index in [9.17, 15) is 9.90 Å². The third kappa shape index (κ3) is 5.36. The first-order valence-corrected chi connectivity index (χ1v) is 7.01. The number of unbranched alkanes of at least 4 members (excludes halogenated alkanes) is 1. The number of hydrogen-bond donors (Lipinski definition) is 2. The summed E-state index contributed by atoms with van der Waals surface area (Å²) < 4.78 is 4.81. The summed E-state index contributed by atoms with van der Waals surface area (Å²) in [5, 5.41) is 12.8. The number of rotatable bonds is 10. The number of aliphatic hydroxyl groups is 1. The van der Waals surface area contributed by atoms with E-state index in [0.29, 0.717) is 6.54 Å². The number of nitrogens with one attached hydrogen (secondary N) is 1. The predicted octanol–water partition coefficient (Wildman–Crippen LogP) is 2.11. The third-order valence-corrected chi connectivity index (χ3v) is 3.89. The van der Waals surface area contributed by atoms with E-state index >= 15 is 0 Å². The normalized spacial score (nSPS) is 13.4. The molecule has 0 heterocycles. The van der Waals surface area contributed by atoms with E-state index in [0.717, 1.165) is 32.1 Å². The average Bonchev–Trinajstić information content (AvgIpc) is 2.43. The number of carbonyl (C=O) groups is 1. The van der Waals surface area contributed by atoms with Crippen LogP contribution in [0.5, 0.6) is 0 Å². The van der Waals surface area contributed by atoms with Crippen LogP contribution in [0, 0.1) is 5.41 Å². The molecule has 0 aliphatic rings. The van der Waals surface area contributed by atoms with E-state index < -0.39 is 0 Å². The second kappa shape index (κ2) is 9.34. The SMILES string of the molecule is CCCCC(NCC(CC)(CC)CO)C(=O)OC. The van der Waals surface area contributed by atoms with E-state index in [1.807, 2.05) is 0 Å². The van der Waals surface area contributed by atoms with Gasteiger partial charge in [0.05, 0.1) is 7.11 Å². The lowest BCUT2D eigenvalue weighted by molar-refractivity contribution is -0.143. The van der Waals surface area contributed by atoms with Gasteiger partial charge in [-0.1, -0.05) is 33.6 Å². The number of aliphatic hydroxyl groups excluding tert-OH is 1. The lowest BCUT2D eigenvalue weighted by Gasteiger charge is -2.31. The van der Waals surface area contributed by atoms with Gasteiger partial charge in [-0.15, -0.1) is 0 Å². The Morgan fingerprint density at radius 2 is 1.94 bits per heavy atom. The van der Waals surface area contributed by atoms with Crippen LogP contribution in [0.4, 0.5) is 0 Å². The van der Waals surface area contributed by atoms with Gasteiger partial charge in [0.25, 0.3) is 0 Å². The van der Waals surface area contributed by atoms with Crippen LogP contribution in [0.3, 0.4) is 0 Å². The maximum absolute atomic E-state index is 11.7. The summed E-state index contributed by atoms with van der Waals surface area (Å²) in [5.41, 5.74) is -0.127. The van der Waals surface area contributed by atoms with E-state index in [1.54, 1.807) is 0 Å². The van der Waals surface area contributed by atoms with Crippen molar-refractivity contribution in [2.24, 2.45) is 5.41 Å². The number of ether oxygens (including phenoxy) is 1. The summed E-state index contributed by atoms with van der Waals surface area (Å²) in [5.74, 6) is -0.206. The Hall–Kier alpha value is -0.610. The number of esters is 1. The van der Waals surface area contributed by atoms with Gasteiger partial charge >= 0.3 is 5.97 Å². The van der Waals surface area contributed by atoms with Crippen molar-refractivity contribution in [1.29, 1.82) is 0 Å². The zero-order valence-corrected chi connectivity index (χ0v) is 12.3. The molecule has 0 rings (SSSR count). The molecule has 0 fully saturated rings. The molecule has 0 aliphatic carbocycles. The monoisotopic (exact) mass is 259 g/mol. The van der Waals surface area contributed by atoms with Crippen LogP contribution in [0.25, 0.3) is 0 Å². The number of hydrogen-bond acceptors (Lipinski definition) is 4. The second-order valence-electron chi connectivity index (χ2n) is 4.96. The van der Waals surface area contributed by atoms with Crippen LogP contribution in [-0.2, 0) is 9.53 Å². The predicted molar refractivity (Wildman–Crippen MR) is 73.4 cm³/mol. The van der Waals surface area contributed by atoms with Gasteiger partial charge in [-0.05, 0) is 19.3 Å². The molecule has 4 heteroatoms. The van der Waals surface area contributed by atoms with Crippen LogP contribution in [0.1, 0.15) is 52.9 Å². The first kappa shape index (κ1) is 17.4. The summed E-state index contributed by atoms with van der Waals surface area (Å²) in [6, 6.07) is -0.251. The maximum Gasteiger partial charge on any atom is 0.322 e. The van der Waals surface area contributed by atoms with E-state index in [-0.39, 0.29) is 24.0 Å². The van der Waals surface area contributed by atoms with Crippen molar-refractivity contribution in [2.75, 3.05) is 20.3 Å². The summed E-state index contributed by atoms with van der Waals surface area (Å²) in [7, 11) is 1.42. The summed E-state index contributed by atoms with van der Waals surface area (Å²) in [4.78, 5) is 11.7. The van der Waals surface area contributed by atoms with Gasteiger partial charge in [-0.2, -0.15) is 0 Å². The molecule has 18 heavy (non-hydrogen) atoms. The third-order valence-electron chi connectivity index (χ3n) is 3.89. The quantitative estimate of drug-likeness (QED) is 0.590. The second-order valence-corrected chi connectivity index (χ2v) is 4.96. The molecule has 0 spiro atoms. The molecule has 0 aromatic heterocycles. The Kier molecular flexibility index (Phi) is 9.02. The van der Waals surface area contributed by atoms with Gasteiger partial charge in [0.15, 0.2) is 0 Å². The summed E-state index contributed by atoms with van der Waals surface area (Å²) in [6.45, 7) is 7.04. The van der Waals surface area contributed by atoms with E-state index in [2.05, 4.69) is 26.1 Å². The largest absolute Gasteiger partial charge is 0.468 e. The minimum absolute atomic E-state index is 0.127. The van der Waals surface area contributed by atoms with Crippen molar-refractivity contribution in [2.45, 2.75) is 58.9 Å². The molecule has 4 nitrogen and oxygen atoms in total. The lowest BCUT2D eigenvalue weighted by atomic mass is 9.83. The van der Waals surface area contributed by atoms with Crippen molar-refractivity contribution in [3.63, 3.8) is 0 Å². The number of carbonyl (C=O) groups excluding carboxylic acids is 1. The van der Waals surface area contributed by atoms with E-state index in [1.165, 1.54) is 7.11 Å². The molecule has 0 aromatic rings. The van der Waals surface area contributed by atoms with Crippen LogP contribution in [-0.4, -0.2) is 37.4 Å². The highest BCUT2D eigenvalue weighted by Crippen LogP contribution is 2.24. The Labute approximate surface area is 111 Å². The highest BCUT2D eigenvalue weighted by Gasteiger charge is 2.28. The zero-order chi connectivity index (χ0) is 14.0. The number of methoxy groups -OCH3 is 1. The topological polar surface area (TPSA) is 58.6 Å². The average molecular weight is 259 g/mol. The molecular weight excluding hydrogens is 230 g/mol. The maximum atomic E-state index is 11.7. The summed E-state index contributed by atoms with van der Waals surface area (Å²) >= 11 is 0. The van der Waals surface area contributed by atoms with Crippen LogP contribution < -0.4 is 5.32 Å². The van der Waals surface area contributed by atoms with Gasteiger partial charge in [0.2, 0.25) is 0 Å². The van der Waals surface area contributed by atoms with Crippen molar-refractivity contribution < 1.29 is 14.6 Å². The molecule has 108 valence electrons. The molecule has 1 unspecified atom stereocenters. The van der Waals surface area contributed by atoms with Crippen LogP contribution >= 0.6 is 0 Å². The molecule has 0 saturated carbocycles.